The van der Waals surface area contributed by atoms with Crippen molar-refractivity contribution in [3.63, 3.8) is 0 Å². The third kappa shape index (κ3) is 4.40. The molecule has 19 heavy (non-hydrogen) atoms. The molecule has 0 aliphatic heterocycles. The van der Waals surface area contributed by atoms with Gasteiger partial charge in [0.1, 0.15) is 11.9 Å². The third-order valence-electron chi connectivity index (χ3n) is 2.40. The fourth-order valence-electron chi connectivity index (χ4n) is 1.40. The second kappa shape index (κ2) is 6.38. The lowest BCUT2D eigenvalue weighted by Crippen LogP contribution is -2.46. The molecule has 0 saturated heterocycles. The molecule has 1 aromatic rings. The number of urea groups is 1. The molecular formula is C12H14ClFN2O3. The number of halogens is 2. The van der Waals surface area contributed by atoms with Gasteiger partial charge in [-0.05, 0) is 24.1 Å². The number of nitrogens with one attached hydrogen (secondary N) is 2. The van der Waals surface area contributed by atoms with E-state index in [4.69, 9.17) is 16.7 Å². The maximum absolute atomic E-state index is 12.9. The van der Waals surface area contributed by atoms with Crippen molar-refractivity contribution in [3.05, 3.63) is 29.0 Å². The first-order valence-corrected chi connectivity index (χ1v) is 5.94. The zero-order valence-electron chi connectivity index (χ0n) is 10.4. The van der Waals surface area contributed by atoms with Crippen molar-refractivity contribution in [2.24, 2.45) is 5.92 Å². The van der Waals surface area contributed by atoms with Crippen LogP contribution in [0.15, 0.2) is 18.2 Å². The van der Waals surface area contributed by atoms with Crippen LogP contribution in [0.4, 0.5) is 14.9 Å². The molecule has 1 aromatic carbocycles. The molecule has 0 aromatic heterocycles. The topological polar surface area (TPSA) is 78.4 Å². The highest BCUT2D eigenvalue weighted by Crippen LogP contribution is 2.19. The van der Waals surface area contributed by atoms with E-state index in [9.17, 15) is 14.0 Å². The summed E-state index contributed by atoms with van der Waals surface area (Å²) in [5.41, 5.74) is 0.275. The largest absolute Gasteiger partial charge is 0.480 e. The Labute approximate surface area is 114 Å². The van der Waals surface area contributed by atoms with Crippen molar-refractivity contribution in [1.29, 1.82) is 0 Å². The Morgan fingerprint density at radius 1 is 1.37 bits per heavy atom. The molecule has 2 amide bonds. The maximum Gasteiger partial charge on any atom is 0.326 e. The summed E-state index contributed by atoms with van der Waals surface area (Å²) in [6.07, 6.45) is 0. The molecule has 5 nitrogen and oxygen atoms in total. The monoisotopic (exact) mass is 288 g/mol. The lowest BCUT2D eigenvalue weighted by Gasteiger charge is -2.18. The molecule has 0 bridgehead atoms. The Morgan fingerprint density at radius 3 is 2.47 bits per heavy atom. The quantitative estimate of drug-likeness (QED) is 0.797. The van der Waals surface area contributed by atoms with Crippen LogP contribution in [0.2, 0.25) is 5.02 Å². The van der Waals surface area contributed by atoms with E-state index in [-0.39, 0.29) is 16.6 Å². The number of benzene rings is 1. The van der Waals surface area contributed by atoms with E-state index in [0.717, 1.165) is 6.07 Å². The highest BCUT2D eigenvalue weighted by Gasteiger charge is 2.23. The van der Waals surface area contributed by atoms with Crippen LogP contribution in [-0.4, -0.2) is 23.1 Å². The third-order valence-corrected chi connectivity index (χ3v) is 2.69. The molecule has 0 fully saturated rings. The minimum Gasteiger partial charge on any atom is -0.480 e. The molecule has 3 N–H and O–H groups in total. The van der Waals surface area contributed by atoms with Crippen molar-refractivity contribution >= 4 is 29.3 Å². The van der Waals surface area contributed by atoms with Crippen LogP contribution in [0.25, 0.3) is 0 Å². The average molecular weight is 289 g/mol. The van der Waals surface area contributed by atoms with E-state index in [1.807, 2.05) is 0 Å². The highest BCUT2D eigenvalue weighted by molar-refractivity contribution is 6.31. The normalized spacial score (nSPS) is 12.1. The summed E-state index contributed by atoms with van der Waals surface area (Å²) >= 11 is 5.56. The maximum atomic E-state index is 12.9. The number of carboxylic acid groups (broad SMARTS) is 1. The summed E-state index contributed by atoms with van der Waals surface area (Å²) in [5.74, 6) is -1.99. The Balaban J connectivity index is 2.69. The molecule has 0 heterocycles. The number of anilines is 1. The molecule has 104 valence electrons. The second-order valence-electron chi connectivity index (χ2n) is 4.29. The molecule has 0 aliphatic rings. The molecule has 1 unspecified atom stereocenters. The predicted molar refractivity (Wildman–Crippen MR) is 69.8 cm³/mol. The Morgan fingerprint density at radius 2 is 2.00 bits per heavy atom. The van der Waals surface area contributed by atoms with Crippen LogP contribution in [0.1, 0.15) is 13.8 Å². The molecular weight excluding hydrogens is 275 g/mol. The minimum absolute atomic E-state index is 0.128. The summed E-state index contributed by atoms with van der Waals surface area (Å²) in [6, 6.07) is 1.97. The first-order valence-electron chi connectivity index (χ1n) is 5.56. The van der Waals surface area contributed by atoms with Gasteiger partial charge in [-0.1, -0.05) is 25.4 Å². The van der Waals surface area contributed by atoms with Gasteiger partial charge in [-0.2, -0.15) is 0 Å². The number of rotatable bonds is 4. The Kier molecular flexibility index (Phi) is 5.11. The zero-order valence-corrected chi connectivity index (χ0v) is 11.2. The number of hydrogen-bond acceptors (Lipinski definition) is 2. The fourth-order valence-corrected chi connectivity index (χ4v) is 1.58. The van der Waals surface area contributed by atoms with Gasteiger partial charge in [0, 0.05) is 5.69 Å². The van der Waals surface area contributed by atoms with Gasteiger partial charge in [-0.3, -0.25) is 0 Å². The van der Waals surface area contributed by atoms with E-state index in [1.165, 1.54) is 12.1 Å². The van der Waals surface area contributed by atoms with Gasteiger partial charge >= 0.3 is 12.0 Å². The minimum atomic E-state index is -1.12. The summed E-state index contributed by atoms with van der Waals surface area (Å²) in [4.78, 5) is 22.5. The van der Waals surface area contributed by atoms with Crippen LogP contribution in [0.5, 0.6) is 0 Å². The average Bonchev–Trinajstić information content (AvgIpc) is 2.30. The van der Waals surface area contributed by atoms with Gasteiger partial charge in [0.15, 0.2) is 0 Å². The van der Waals surface area contributed by atoms with Gasteiger partial charge in [-0.15, -0.1) is 0 Å². The van der Waals surface area contributed by atoms with Crippen LogP contribution in [0, 0.1) is 11.7 Å². The SMILES string of the molecule is CC(C)C(NC(=O)Nc1ccc(F)c(Cl)c1)C(=O)O. The first kappa shape index (κ1) is 15.2. The van der Waals surface area contributed by atoms with Crippen molar-refractivity contribution < 1.29 is 19.1 Å². The molecule has 1 atom stereocenters. The lowest BCUT2D eigenvalue weighted by atomic mass is 10.1. The Hall–Kier alpha value is -1.82. The standard InChI is InChI=1S/C12H14ClFN2O3/c1-6(2)10(11(17)18)16-12(19)15-7-3-4-9(14)8(13)5-7/h3-6,10H,1-2H3,(H,17,18)(H2,15,16,19). The fraction of sp³-hybridized carbons (Fsp3) is 0.333. The van der Waals surface area contributed by atoms with Crippen molar-refractivity contribution in [2.45, 2.75) is 19.9 Å². The van der Waals surface area contributed by atoms with Gasteiger partial charge in [0.2, 0.25) is 0 Å². The van der Waals surface area contributed by atoms with Crippen LogP contribution >= 0.6 is 11.6 Å². The molecule has 1 rings (SSSR count). The number of amides is 2. The van der Waals surface area contributed by atoms with E-state index >= 15 is 0 Å². The molecule has 0 saturated carbocycles. The highest BCUT2D eigenvalue weighted by atomic mass is 35.5. The van der Waals surface area contributed by atoms with Crippen LogP contribution in [-0.2, 0) is 4.79 Å². The molecule has 7 heteroatoms. The molecule has 0 aliphatic carbocycles. The number of carbonyl (C=O) groups excluding carboxylic acids is 1. The summed E-state index contributed by atoms with van der Waals surface area (Å²) < 4.78 is 12.9. The number of carbonyl (C=O) groups is 2. The van der Waals surface area contributed by atoms with Gasteiger partial charge in [0.05, 0.1) is 5.02 Å². The lowest BCUT2D eigenvalue weighted by molar-refractivity contribution is -0.140. The summed E-state index contributed by atoms with van der Waals surface area (Å²) in [6.45, 7) is 3.35. The van der Waals surface area contributed by atoms with Crippen molar-refractivity contribution in [3.8, 4) is 0 Å². The smallest absolute Gasteiger partial charge is 0.326 e. The number of hydrogen-bond donors (Lipinski definition) is 3. The van der Waals surface area contributed by atoms with E-state index in [0.29, 0.717) is 0 Å². The Bertz CT molecular complexity index is 494. The van der Waals surface area contributed by atoms with E-state index in [2.05, 4.69) is 10.6 Å². The van der Waals surface area contributed by atoms with Crippen molar-refractivity contribution in [1.82, 2.24) is 5.32 Å². The second-order valence-corrected chi connectivity index (χ2v) is 4.69. The van der Waals surface area contributed by atoms with Gasteiger partial charge in [0.25, 0.3) is 0 Å². The number of carboxylic acids is 1. The van der Waals surface area contributed by atoms with E-state index < -0.39 is 23.9 Å². The van der Waals surface area contributed by atoms with Gasteiger partial charge in [-0.25, -0.2) is 14.0 Å². The first-order chi connectivity index (χ1) is 8.81. The van der Waals surface area contributed by atoms with E-state index in [1.54, 1.807) is 13.8 Å². The predicted octanol–water partition coefficient (Wildman–Crippen LogP) is 2.71. The van der Waals surface area contributed by atoms with Gasteiger partial charge < -0.3 is 15.7 Å². The summed E-state index contributed by atoms with van der Waals surface area (Å²) in [7, 11) is 0. The molecule has 0 radical (unpaired) electrons. The van der Waals surface area contributed by atoms with Crippen LogP contribution < -0.4 is 10.6 Å². The number of aliphatic carboxylic acids is 1. The summed E-state index contributed by atoms with van der Waals surface area (Å²) in [5, 5.41) is 13.5. The molecule has 0 spiro atoms. The van der Waals surface area contributed by atoms with Crippen molar-refractivity contribution in [2.75, 3.05) is 5.32 Å². The zero-order chi connectivity index (χ0) is 14.6. The van der Waals surface area contributed by atoms with Crippen LogP contribution in [0.3, 0.4) is 0 Å².